The molecule has 1 aromatic heterocycles. The summed E-state index contributed by atoms with van der Waals surface area (Å²) in [5, 5.41) is 0.454. The third-order valence-corrected chi connectivity index (χ3v) is 4.46. The zero-order valence-corrected chi connectivity index (χ0v) is 17.8. The SMILES string of the molecule is COC(=O)[C@H](Cc1cc(Cl)cnc1N1CCOCC1)N(C)C(=O)OC(C)(C)C. The Balaban J connectivity index is 2.30. The molecule has 2 rings (SSSR count). The van der Waals surface area contributed by atoms with Gasteiger partial charge in [-0.15, -0.1) is 0 Å². The van der Waals surface area contributed by atoms with Gasteiger partial charge in [-0.05, 0) is 32.4 Å². The Labute approximate surface area is 170 Å². The van der Waals surface area contributed by atoms with Gasteiger partial charge in [-0.1, -0.05) is 11.6 Å². The van der Waals surface area contributed by atoms with E-state index in [0.717, 1.165) is 11.4 Å². The highest BCUT2D eigenvalue weighted by molar-refractivity contribution is 6.30. The second-order valence-electron chi connectivity index (χ2n) is 7.57. The molecule has 1 aliphatic heterocycles. The minimum absolute atomic E-state index is 0.197. The number of rotatable bonds is 5. The third kappa shape index (κ3) is 5.97. The van der Waals surface area contributed by atoms with Crippen LogP contribution in [0.5, 0.6) is 0 Å². The average molecular weight is 414 g/mol. The molecule has 0 spiro atoms. The standard InChI is InChI=1S/C19H28ClN3O5/c1-19(2,3)28-18(25)22(4)15(17(24)26-5)11-13-10-14(20)12-21-16(13)23-6-8-27-9-7-23/h10,12,15H,6-9,11H2,1-5H3/t15-/m0/s1. The molecule has 0 saturated carbocycles. The van der Waals surface area contributed by atoms with Crippen LogP contribution < -0.4 is 4.90 Å². The summed E-state index contributed by atoms with van der Waals surface area (Å²) in [7, 11) is 2.80. The number of anilines is 1. The van der Waals surface area contributed by atoms with Crippen molar-refractivity contribution in [2.75, 3.05) is 45.4 Å². The van der Waals surface area contributed by atoms with Crippen molar-refractivity contribution in [1.82, 2.24) is 9.88 Å². The molecule has 0 aliphatic carbocycles. The molecule has 0 bridgehead atoms. The topological polar surface area (TPSA) is 81.2 Å². The largest absolute Gasteiger partial charge is 0.467 e. The van der Waals surface area contributed by atoms with Gasteiger partial charge in [0.1, 0.15) is 17.5 Å². The molecule has 1 atom stereocenters. The molecule has 1 saturated heterocycles. The van der Waals surface area contributed by atoms with Gasteiger partial charge in [-0.25, -0.2) is 14.6 Å². The molecule has 0 radical (unpaired) electrons. The molecule has 0 aromatic carbocycles. The van der Waals surface area contributed by atoms with E-state index in [2.05, 4.69) is 9.88 Å². The highest BCUT2D eigenvalue weighted by Gasteiger charge is 2.32. The second-order valence-corrected chi connectivity index (χ2v) is 8.01. The van der Waals surface area contributed by atoms with E-state index in [1.807, 2.05) is 0 Å². The number of morpholine rings is 1. The van der Waals surface area contributed by atoms with Crippen molar-refractivity contribution < 1.29 is 23.8 Å². The van der Waals surface area contributed by atoms with E-state index < -0.39 is 23.7 Å². The summed E-state index contributed by atoms with van der Waals surface area (Å²) < 4.78 is 15.7. The van der Waals surface area contributed by atoms with E-state index in [9.17, 15) is 9.59 Å². The number of halogens is 1. The zero-order valence-electron chi connectivity index (χ0n) is 17.0. The maximum atomic E-state index is 12.5. The maximum absolute atomic E-state index is 12.5. The van der Waals surface area contributed by atoms with Crippen molar-refractivity contribution in [3.63, 3.8) is 0 Å². The number of hydrogen-bond donors (Lipinski definition) is 0. The third-order valence-electron chi connectivity index (χ3n) is 4.26. The number of esters is 1. The first kappa shape index (κ1) is 22.2. The number of likely N-dealkylation sites (N-methyl/N-ethyl adjacent to an activating group) is 1. The van der Waals surface area contributed by atoms with Crippen LogP contribution in [0.3, 0.4) is 0 Å². The molecule has 9 heteroatoms. The van der Waals surface area contributed by atoms with Gasteiger partial charge >= 0.3 is 12.1 Å². The van der Waals surface area contributed by atoms with Crippen LogP contribution in [0.2, 0.25) is 5.02 Å². The van der Waals surface area contributed by atoms with E-state index in [4.69, 9.17) is 25.8 Å². The Hall–Kier alpha value is -2.06. The predicted octanol–water partition coefficient (Wildman–Crippen LogP) is 2.52. The van der Waals surface area contributed by atoms with Crippen LogP contribution in [0.25, 0.3) is 0 Å². The van der Waals surface area contributed by atoms with Crippen LogP contribution in [0.15, 0.2) is 12.3 Å². The first-order valence-electron chi connectivity index (χ1n) is 9.13. The predicted molar refractivity (Wildman–Crippen MR) is 106 cm³/mol. The quantitative estimate of drug-likeness (QED) is 0.686. The Morgan fingerprint density at radius 3 is 2.57 bits per heavy atom. The van der Waals surface area contributed by atoms with Gasteiger partial charge in [-0.3, -0.25) is 4.90 Å². The lowest BCUT2D eigenvalue weighted by Gasteiger charge is -2.32. The molecular weight excluding hydrogens is 386 g/mol. The van der Waals surface area contributed by atoms with E-state index >= 15 is 0 Å². The normalized spacial score (nSPS) is 15.7. The van der Waals surface area contributed by atoms with Crippen LogP contribution in [-0.2, 0) is 25.4 Å². The fraction of sp³-hybridized carbons (Fsp3) is 0.632. The number of amides is 1. The van der Waals surface area contributed by atoms with Crippen LogP contribution in [-0.4, -0.2) is 74.1 Å². The van der Waals surface area contributed by atoms with Gasteiger partial charge in [0.15, 0.2) is 0 Å². The first-order chi connectivity index (χ1) is 13.1. The Kier molecular flexibility index (Phi) is 7.48. The van der Waals surface area contributed by atoms with Crippen LogP contribution >= 0.6 is 11.6 Å². The van der Waals surface area contributed by atoms with Crippen molar-refractivity contribution in [3.05, 3.63) is 22.8 Å². The summed E-state index contributed by atoms with van der Waals surface area (Å²) in [6.07, 6.45) is 1.16. The van der Waals surface area contributed by atoms with Crippen molar-refractivity contribution in [2.24, 2.45) is 0 Å². The molecule has 1 aliphatic rings. The minimum atomic E-state index is -0.875. The average Bonchev–Trinajstić information content (AvgIpc) is 2.64. The smallest absolute Gasteiger partial charge is 0.410 e. The van der Waals surface area contributed by atoms with E-state index in [-0.39, 0.29) is 6.42 Å². The van der Waals surface area contributed by atoms with Gasteiger partial charge in [0.05, 0.1) is 25.3 Å². The number of hydrogen-bond acceptors (Lipinski definition) is 7. The van der Waals surface area contributed by atoms with Crippen molar-refractivity contribution in [1.29, 1.82) is 0 Å². The summed E-state index contributed by atoms with van der Waals surface area (Å²) in [5.74, 6) is 0.181. The number of ether oxygens (including phenoxy) is 3. The molecule has 1 amide bonds. The van der Waals surface area contributed by atoms with Gasteiger partial charge in [0.25, 0.3) is 0 Å². The molecule has 8 nitrogen and oxygen atoms in total. The van der Waals surface area contributed by atoms with Gasteiger partial charge < -0.3 is 19.1 Å². The molecule has 0 N–H and O–H groups in total. The Morgan fingerprint density at radius 2 is 2.00 bits per heavy atom. The van der Waals surface area contributed by atoms with Crippen molar-refractivity contribution >= 4 is 29.5 Å². The molecular formula is C19H28ClN3O5. The van der Waals surface area contributed by atoms with Gasteiger partial charge in [0, 0.05) is 32.8 Å². The first-order valence-corrected chi connectivity index (χ1v) is 9.51. The fourth-order valence-electron chi connectivity index (χ4n) is 2.87. The summed E-state index contributed by atoms with van der Waals surface area (Å²) in [5.41, 5.74) is 0.0722. The number of aromatic nitrogens is 1. The number of nitrogens with zero attached hydrogens (tertiary/aromatic N) is 3. The number of carbonyl (C=O) groups is 2. The molecule has 1 aromatic rings. The van der Waals surface area contributed by atoms with Crippen molar-refractivity contribution in [2.45, 2.75) is 38.8 Å². The Morgan fingerprint density at radius 1 is 1.36 bits per heavy atom. The fourth-order valence-corrected chi connectivity index (χ4v) is 3.05. The zero-order chi connectivity index (χ0) is 20.9. The monoisotopic (exact) mass is 413 g/mol. The second kappa shape index (κ2) is 9.43. The lowest BCUT2D eigenvalue weighted by molar-refractivity contribution is -0.146. The molecule has 156 valence electrons. The summed E-state index contributed by atoms with van der Waals surface area (Å²) >= 11 is 6.15. The molecule has 0 unspecified atom stereocenters. The number of pyridine rings is 1. The Bertz CT molecular complexity index is 701. The van der Waals surface area contributed by atoms with Crippen molar-refractivity contribution in [3.8, 4) is 0 Å². The highest BCUT2D eigenvalue weighted by Crippen LogP contribution is 2.25. The lowest BCUT2D eigenvalue weighted by atomic mass is 10.0. The lowest BCUT2D eigenvalue weighted by Crippen LogP contribution is -2.47. The molecule has 28 heavy (non-hydrogen) atoms. The summed E-state index contributed by atoms with van der Waals surface area (Å²) in [4.78, 5) is 32.7. The van der Waals surface area contributed by atoms with Crippen LogP contribution in [0.1, 0.15) is 26.3 Å². The van der Waals surface area contributed by atoms with Crippen LogP contribution in [0.4, 0.5) is 10.6 Å². The number of methoxy groups -OCH3 is 1. The van der Waals surface area contributed by atoms with Gasteiger partial charge in [0.2, 0.25) is 0 Å². The number of carbonyl (C=O) groups excluding carboxylic acids is 2. The molecule has 1 fully saturated rings. The van der Waals surface area contributed by atoms with E-state index in [1.165, 1.54) is 19.1 Å². The van der Waals surface area contributed by atoms with E-state index in [1.54, 1.807) is 33.0 Å². The summed E-state index contributed by atoms with van der Waals surface area (Å²) in [6.45, 7) is 7.87. The maximum Gasteiger partial charge on any atom is 0.410 e. The van der Waals surface area contributed by atoms with Crippen LogP contribution in [0, 0.1) is 0 Å². The highest BCUT2D eigenvalue weighted by atomic mass is 35.5. The summed E-state index contributed by atoms with van der Waals surface area (Å²) in [6, 6.07) is 0.887. The minimum Gasteiger partial charge on any atom is -0.467 e. The van der Waals surface area contributed by atoms with Gasteiger partial charge in [-0.2, -0.15) is 0 Å². The van der Waals surface area contributed by atoms with E-state index in [0.29, 0.717) is 31.3 Å². The molecule has 2 heterocycles.